The second-order valence-corrected chi connectivity index (χ2v) is 4.44. The van der Waals surface area contributed by atoms with Crippen LogP contribution in [0.2, 0.25) is 0 Å². The Balaban J connectivity index is 1.90. The van der Waals surface area contributed by atoms with Gasteiger partial charge in [-0.15, -0.1) is 5.10 Å². The van der Waals surface area contributed by atoms with Crippen LogP contribution in [0, 0.1) is 10.1 Å². The van der Waals surface area contributed by atoms with Crippen LogP contribution in [0.15, 0.2) is 6.20 Å². The summed E-state index contributed by atoms with van der Waals surface area (Å²) < 4.78 is 0. The molecule has 0 bridgehead atoms. The normalized spacial score (nSPS) is 18.2. The van der Waals surface area contributed by atoms with Gasteiger partial charge in [0.2, 0.25) is 0 Å². The number of nitrogens with zero attached hydrogens (tertiary/aromatic N) is 3. The molecule has 7 heteroatoms. The molecule has 1 aliphatic rings. The molecule has 1 aromatic rings. The maximum atomic E-state index is 10.7. The largest absolute Gasteiger partial charge is 0.373 e. The first-order chi connectivity index (χ1) is 8.16. The molecule has 0 amide bonds. The van der Waals surface area contributed by atoms with E-state index in [2.05, 4.69) is 20.4 Å². The average Bonchev–Trinajstić information content (AvgIpc) is 2.88. The lowest BCUT2D eigenvalue weighted by Gasteiger charge is -2.21. The summed E-state index contributed by atoms with van der Waals surface area (Å²) in [7, 11) is 0. The average molecular weight is 239 g/mol. The Labute approximate surface area is 99.3 Å². The smallest absolute Gasteiger partial charge is 0.366 e. The Morgan fingerprint density at radius 2 is 2.35 bits per heavy atom. The summed E-state index contributed by atoms with van der Waals surface area (Å²) >= 11 is 0. The SMILES string of the molecule is CC(CN1CCCC1)Nc1cn[nH]c1[N+](=O)[O-]. The van der Waals surface area contributed by atoms with E-state index in [1.54, 1.807) is 0 Å². The van der Waals surface area contributed by atoms with Gasteiger partial charge in [0.1, 0.15) is 6.20 Å². The van der Waals surface area contributed by atoms with Crippen molar-refractivity contribution in [2.45, 2.75) is 25.8 Å². The number of hydrogen-bond acceptors (Lipinski definition) is 5. The molecule has 17 heavy (non-hydrogen) atoms. The molecule has 1 aromatic heterocycles. The molecule has 1 fully saturated rings. The van der Waals surface area contributed by atoms with Gasteiger partial charge in [-0.2, -0.15) is 0 Å². The molecule has 0 saturated carbocycles. The summed E-state index contributed by atoms with van der Waals surface area (Å²) in [5.41, 5.74) is 0.460. The predicted octanol–water partition coefficient (Wildman–Crippen LogP) is 1.21. The van der Waals surface area contributed by atoms with Gasteiger partial charge in [-0.25, -0.2) is 0 Å². The molecule has 1 unspecified atom stereocenters. The second kappa shape index (κ2) is 5.13. The van der Waals surface area contributed by atoms with Crippen LogP contribution >= 0.6 is 0 Å². The van der Waals surface area contributed by atoms with Gasteiger partial charge in [-0.3, -0.25) is 0 Å². The third kappa shape index (κ3) is 2.94. The van der Waals surface area contributed by atoms with Crippen LogP contribution in [0.4, 0.5) is 11.5 Å². The lowest BCUT2D eigenvalue weighted by Crippen LogP contribution is -2.33. The van der Waals surface area contributed by atoms with E-state index in [4.69, 9.17) is 0 Å². The number of H-pyrrole nitrogens is 1. The lowest BCUT2D eigenvalue weighted by atomic mass is 10.3. The fourth-order valence-corrected chi connectivity index (χ4v) is 2.19. The van der Waals surface area contributed by atoms with E-state index in [-0.39, 0.29) is 11.9 Å². The minimum atomic E-state index is -0.460. The van der Waals surface area contributed by atoms with E-state index in [0.29, 0.717) is 5.69 Å². The van der Waals surface area contributed by atoms with E-state index in [9.17, 15) is 10.1 Å². The minimum Gasteiger partial charge on any atom is -0.373 e. The Hall–Kier alpha value is -1.63. The van der Waals surface area contributed by atoms with Crippen molar-refractivity contribution < 1.29 is 4.92 Å². The highest BCUT2D eigenvalue weighted by Crippen LogP contribution is 2.21. The van der Waals surface area contributed by atoms with E-state index in [1.807, 2.05) is 6.92 Å². The standard InChI is InChI=1S/C10H17N5O2/c1-8(7-14-4-2-3-5-14)12-9-6-11-13-10(9)15(16)17/h6,8,12H,2-5,7H2,1H3,(H,11,13). The van der Waals surface area contributed by atoms with E-state index < -0.39 is 4.92 Å². The van der Waals surface area contributed by atoms with Crippen molar-refractivity contribution in [3.05, 3.63) is 16.3 Å². The molecule has 1 atom stereocenters. The Morgan fingerprint density at radius 1 is 1.65 bits per heavy atom. The number of aromatic amines is 1. The number of nitrogens with one attached hydrogen (secondary N) is 2. The lowest BCUT2D eigenvalue weighted by molar-refractivity contribution is -0.388. The van der Waals surface area contributed by atoms with Crippen LogP contribution in [0.5, 0.6) is 0 Å². The van der Waals surface area contributed by atoms with E-state index in [1.165, 1.54) is 19.0 Å². The van der Waals surface area contributed by atoms with Gasteiger partial charge in [0, 0.05) is 12.6 Å². The van der Waals surface area contributed by atoms with Crippen molar-refractivity contribution >= 4 is 11.5 Å². The number of aromatic nitrogens is 2. The van der Waals surface area contributed by atoms with Gasteiger partial charge in [-0.1, -0.05) is 5.10 Å². The maximum absolute atomic E-state index is 10.7. The van der Waals surface area contributed by atoms with Crippen molar-refractivity contribution in [2.24, 2.45) is 0 Å². The zero-order valence-electron chi connectivity index (χ0n) is 9.85. The molecule has 2 N–H and O–H groups in total. The van der Waals surface area contributed by atoms with Crippen molar-refractivity contribution in [3.63, 3.8) is 0 Å². The van der Waals surface area contributed by atoms with Gasteiger partial charge in [0.05, 0.1) is 0 Å². The highest BCUT2D eigenvalue weighted by molar-refractivity contribution is 5.55. The van der Waals surface area contributed by atoms with Crippen LogP contribution < -0.4 is 5.32 Å². The van der Waals surface area contributed by atoms with Gasteiger partial charge >= 0.3 is 5.82 Å². The number of rotatable bonds is 5. The number of nitro groups is 1. The molecule has 0 aliphatic carbocycles. The van der Waals surface area contributed by atoms with Crippen LogP contribution in [-0.2, 0) is 0 Å². The molecular formula is C10H17N5O2. The molecule has 0 aromatic carbocycles. The molecule has 2 heterocycles. The van der Waals surface area contributed by atoms with Crippen LogP contribution in [-0.4, -0.2) is 45.7 Å². The molecule has 94 valence electrons. The first-order valence-corrected chi connectivity index (χ1v) is 5.83. The van der Waals surface area contributed by atoms with Crippen LogP contribution in [0.25, 0.3) is 0 Å². The molecular weight excluding hydrogens is 222 g/mol. The van der Waals surface area contributed by atoms with E-state index >= 15 is 0 Å². The highest BCUT2D eigenvalue weighted by Gasteiger charge is 2.19. The molecule has 2 rings (SSSR count). The summed E-state index contributed by atoms with van der Waals surface area (Å²) in [4.78, 5) is 12.6. The highest BCUT2D eigenvalue weighted by atomic mass is 16.6. The van der Waals surface area contributed by atoms with Gasteiger partial charge in [0.25, 0.3) is 0 Å². The quantitative estimate of drug-likeness (QED) is 0.595. The molecule has 0 radical (unpaired) electrons. The molecule has 1 aliphatic heterocycles. The summed E-state index contributed by atoms with van der Waals surface area (Å²) in [5, 5.41) is 19.9. The molecule has 0 spiro atoms. The second-order valence-electron chi connectivity index (χ2n) is 4.44. The fraction of sp³-hybridized carbons (Fsp3) is 0.700. The predicted molar refractivity (Wildman–Crippen MR) is 64.0 cm³/mol. The first-order valence-electron chi connectivity index (χ1n) is 5.83. The van der Waals surface area contributed by atoms with E-state index in [0.717, 1.165) is 19.6 Å². The Kier molecular flexibility index (Phi) is 3.58. The summed E-state index contributed by atoms with van der Waals surface area (Å²) in [6, 6.07) is 0.171. The third-order valence-corrected chi connectivity index (χ3v) is 2.93. The van der Waals surface area contributed by atoms with Crippen molar-refractivity contribution in [1.82, 2.24) is 15.1 Å². The third-order valence-electron chi connectivity index (χ3n) is 2.93. The minimum absolute atomic E-state index is 0.0710. The van der Waals surface area contributed by atoms with Crippen LogP contribution in [0.3, 0.4) is 0 Å². The van der Waals surface area contributed by atoms with Gasteiger partial charge < -0.3 is 20.3 Å². The first kappa shape index (κ1) is 11.8. The summed E-state index contributed by atoms with van der Waals surface area (Å²) in [5.74, 6) is -0.0710. The zero-order valence-corrected chi connectivity index (χ0v) is 9.85. The van der Waals surface area contributed by atoms with Crippen molar-refractivity contribution in [3.8, 4) is 0 Å². The fourth-order valence-electron chi connectivity index (χ4n) is 2.19. The zero-order chi connectivity index (χ0) is 12.3. The van der Waals surface area contributed by atoms with Crippen molar-refractivity contribution in [1.29, 1.82) is 0 Å². The van der Waals surface area contributed by atoms with Gasteiger partial charge in [-0.05, 0) is 37.8 Å². The van der Waals surface area contributed by atoms with Crippen LogP contribution in [0.1, 0.15) is 19.8 Å². The number of likely N-dealkylation sites (tertiary alicyclic amines) is 1. The van der Waals surface area contributed by atoms with Gasteiger partial charge in [0.15, 0.2) is 5.69 Å². The number of anilines is 1. The Bertz CT molecular complexity index is 386. The summed E-state index contributed by atoms with van der Waals surface area (Å²) in [6.45, 7) is 5.18. The monoisotopic (exact) mass is 239 g/mol. The van der Waals surface area contributed by atoms with Crippen molar-refractivity contribution in [2.75, 3.05) is 25.0 Å². The Morgan fingerprint density at radius 3 is 3.00 bits per heavy atom. The topological polar surface area (TPSA) is 87.1 Å². The summed E-state index contributed by atoms with van der Waals surface area (Å²) in [6.07, 6.45) is 3.95. The molecule has 1 saturated heterocycles. The molecule has 7 nitrogen and oxygen atoms in total. The number of hydrogen-bond donors (Lipinski definition) is 2. The maximum Gasteiger partial charge on any atom is 0.366 e.